The van der Waals surface area contributed by atoms with E-state index in [1.807, 2.05) is 6.07 Å². The molecule has 0 atom stereocenters. The van der Waals surface area contributed by atoms with Crippen molar-refractivity contribution in [3.8, 4) is 5.75 Å². The molecule has 0 aliphatic rings. The Labute approximate surface area is 93.1 Å². The minimum atomic E-state index is 0.0755. The van der Waals surface area contributed by atoms with Gasteiger partial charge in [-0.1, -0.05) is 51.3 Å². The summed E-state index contributed by atoms with van der Waals surface area (Å²) in [5.74, 6) is 0.432. The summed E-state index contributed by atoms with van der Waals surface area (Å²) in [6.45, 7) is 8.68. The fourth-order valence-corrected chi connectivity index (χ4v) is 1.95. The molecule has 0 bridgehead atoms. The second-order valence-corrected chi connectivity index (χ2v) is 5.01. The number of hydrogen-bond donors (Lipinski definition) is 1. The maximum atomic E-state index is 9.87. The molecule has 0 saturated heterocycles. The third kappa shape index (κ3) is 2.98. The average molecular weight is 206 g/mol. The van der Waals surface area contributed by atoms with E-state index in [9.17, 15) is 5.11 Å². The minimum Gasteiger partial charge on any atom is -0.508 e. The molecule has 0 unspecified atom stereocenters. The fourth-order valence-electron chi connectivity index (χ4n) is 1.95. The quantitative estimate of drug-likeness (QED) is 0.784. The summed E-state index contributed by atoms with van der Waals surface area (Å²) in [5.41, 5.74) is 2.37. The molecule has 84 valence electrons. The number of aromatic hydroxyl groups is 1. The summed E-state index contributed by atoms with van der Waals surface area (Å²) in [6.07, 6.45) is 3.54. The third-order valence-corrected chi connectivity index (χ3v) is 3.04. The van der Waals surface area contributed by atoms with Crippen molar-refractivity contribution >= 4 is 0 Å². The summed E-state index contributed by atoms with van der Waals surface area (Å²) in [4.78, 5) is 0. The first-order chi connectivity index (χ1) is 6.97. The van der Waals surface area contributed by atoms with E-state index >= 15 is 0 Å². The molecule has 0 fully saturated rings. The summed E-state index contributed by atoms with van der Waals surface area (Å²) >= 11 is 0. The number of unbranched alkanes of at least 4 members (excludes halogenated alkanes) is 1. The van der Waals surface area contributed by atoms with Gasteiger partial charge in [-0.3, -0.25) is 0 Å². The van der Waals surface area contributed by atoms with Crippen LogP contribution in [0.4, 0.5) is 0 Å². The van der Waals surface area contributed by atoms with Crippen molar-refractivity contribution in [2.45, 2.75) is 52.4 Å². The second-order valence-electron chi connectivity index (χ2n) is 5.01. The zero-order valence-corrected chi connectivity index (χ0v) is 10.3. The molecule has 0 spiro atoms. The molecule has 0 aliphatic carbocycles. The Balaban J connectivity index is 2.97. The van der Waals surface area contributed by atoms with Gasteiger partial charge < -0.3 is 5.11 Å². The standard InChI is InChI=1S/C14H22O/c1-5-6-9-14(3,4)12-10-11(2)7-8-13(12)15/h7-8,10,15H,5-6,9H2,1-4H3. The molecule has 1 N–H and O–H groups in total. The van der Waals surface area contributed by atoms with Crippen LogP contribution in [0.3, 0.4) is 0 Å². The number of phenolic OH excluding ortho intramolecular Hbond substituents is 1. The zero-order valence-electron chi connectivity index (χ0n) is 10.3. The summed E-state index contributed by atoms with van der Waals surface area (Å²) < 4.78 is 0. The molecule has 1 rings (SSSR count). The van der Waals surface area contributed by atoms with Gasteiger partial charge in [-0.15, -0.1) is 0 Å². The van der Waals surface area contributed by atoms with Crippen LogP contribution in [0.25, 0.3) is 0 Å². The Bertz CT molecular complexity index is 326. The average Bonchev–Trinajstić information content (AvgIpc) is 2.18. The van der Waals surface area contributed by atoms with Crippen LogP contribution in [0, 0.1) is 6.92 Å². The fraction of sp³-hybridized carbons (Fsp3) is 0.571. The number of rotatable bonds is 4. The lowest BCUT2D eigenvalue weighted by Gasteiger charge is -2.26. The molecule has 1 aromatic rings. The highest BCUT2D eigenvalue weighted by molar-refractivity contribution is 5.40. The molecule has 0 saturated carbocycles. The first-order valence-electron chi connectivity index (χ1n) is 5.77. The SMILES string of the molecule is CCCCC(C)(C)c1cc(C)ccc1O. The van der Waals surface area contributed by atoms with Crippen LogP contribution < -0.4 is 0 Å². The van der Waals surface area contributed by atoms with Crippen LogP contribution in [0.15, 0.2) is 18.2 Å². The first kappa shape index (κ1) is 12.1. The summed E-state index contributed by atoms with van der Waals surface area (Å²) in [7, 11) is 0. The van der Waals surface area contributed by atoms with E-state index in [-0.39, 0.29) is 5.41 Å². The van der Waals surface area contributed by atoms with Gasteiger partial charge in [-0.05, 0) is 30.4 Å². The van der Waals surface area contributed by atoms with Crippen LogP contribution in [0.1, 0.15) is 51.2 Å². The summed E-state index contributed by atoms with van der Waals surface area (Å²) in [6, 6.07) is 5.86. The van der Waals surface area contributed by atoms with Crippen LogP contribution >= 0.6 is 0 Å². The number of aryl methyl sites for hydroxylation is 1. The molecule has 0 aromatic heterocycles. The summed E-state index contributed by atoms with van der Waals surface area (Å²) in [5, 5.41) is 9.87. The Morgan fingerprint density at radius 2 is 1.93 bits per heavy atom. The lowest BCUT2D eigenvalue weighted by atomic mass is 9.79. The Morgan fingerprint density at radius 1 is 1.27 bits per heavy atom. The monoisotopic (exact) mass is 206 g/mol. The maximum absolute atomic E-state index is 9.87. The van der Waals surface area contributed by atoms with Crippen molar-refractivity contribution in [1.82, 2.24) is 0 Å². The normalized spacial score (nSPS) is 11.7. The Hall–Kier alpha value is -0.980. The molecule has 0 aliphatic heterocycles. The zero-order chi connectivity index (χ0) is 11.5. The lowest BCUT2D eigenvalue weighted by molar-refractivity contribution is 0.411. The van der Waals surface area contributed by atoms with Crippen molar-refractivity contribution in [2.24, 2.45) is 0 Å². The third-order valence-electron chi connectivity index (χ3n) is 3.04. The van der Waals surface area contributed by atoms with Gasteiger partial charge in [0.25, 0.3) is 0 Å². The van der Waals surface area contributed by atoms with E-state index < -0.39 is 0 Å². The lowest BCUT2D eigenvalue weighted by Crippen LogP contribution is -2.17. The van der Waals surface area contributed by atoms with Crippen molar-refractivity contribution in [2.75, 3.05) is 0 Å². The van der Waals surface area contributed by atoms with Gasteiger partial charge in [-0.2, -0.15) is 0 Å². The highest BCUT2D eigenvalue weighted by Crippen LogP contribution is 2.35. The van der Waals surface area contributed by atoms with Gasteiger partial charge >= 0.3 is 0 Å². The molecule has 0 heterocycles. The van der Waals surface area contributed by atoms with Crippen LogP contribution in [-0.4, -0.2) is 5.11 Å². The van der Waals surface area contributed by atoms with Crippen LogP contribution in [0.2, 0.25) is 0 Å². The van der Waals surface area contributed by atoms with Gasteiger partial charge in [0.2, 0.25) is 0 Å². The van der Waals surface area contributed by atoms with Gasteiger partial charge in [0, 0.05) is 0 Å². The van der Waals surface area contributed by atoms with Crippen LogP contribution in [-0.2, 0) is 5.41 Å². The van der Waals surface area contributed by atoms with E-state index in [4.69, 9.17) is 0 Å². The van der Waals surface area contributed by atoms with Gasteiger partial charge in [0.1, 0.15) is 5.75 Å². The van der Waals surface area contributed by atoms with Gasteiger partial charge in [0.15, 0.2) is 0 Å². The molecule has 1 aromatic carbocycles. The molecular weight excluding hydrogens is 184 g/mol. The maximum Gasteiger partial charge on any atom is 0.119 e. The van der Waals surface area contributed by atoms with E-state index in [0.29, 0.717) is 5.75 Å². The van der Waals surface area contributed by atoms with Crippen molar-refractivity contribution in [1.29, 1.82) is 0 Å². The van der Waals surface area contributed by atoms with E-state index in [2.05, 4.69) is 33.8 Å². The highest BCUT2D eigenvalue weighted by Gasteiger charge is 2.23. The van der Waals surface area contributed by atoms with E-state index in [1.165, 1.54) is 18.4 Å². The topological polar surface area (TPSA) is 20.2 Å². The highest BCUT2D eigenvalue weighted by atomic mass is 16.3. The minimum absolute atomic E-state index is 0.0755. The molecule has 15 heavy (non-hydrogen) atoms. The Morgan fingerprint density at radius 3 is 2.53 bits per heavy atom. The predicted octanol–water partition coefficient (Wildman–Crippen LogP) is 4.17. The number of benzene rings is 1. The smallest absolute Gasteiger partial charge is 0.119 e. The molecule has 1 heteroatoms. The van der Waals surface area contributed by atoms with E-state index in [0.717, 1.165) is 12.0 Å². The molecule has 1 nitrogen and oxygen atoms in total. The second kappa shape index (κ2) is 4.69. The molecule has 0 radical (unpaired) electrons. The molecule has 0 amide bonds. The first-order valence-corrected chi connectivity index (χ1v) is 5.77. The number of phenols is 1. The van der Waals surface area contributed by atoms with Crippen molar-refractivity contribution < 1.29 is 5.11 Å². The number of hydrogen-bond acceptors (Lipinski definition) is 1. The Kier molecular flexibility index (Phi) is 3.78. The van der Waals surface area contributed by atoms with Gasteiger partial charge in [0.05, 0.1) is 0 Å². The van der Waals surface area contributed by atoms with Crippen molar-refractivity contribution in [3.63, 3.8) is 0 Å². The van der Waals surface area contributed by atoms with Crippen LogP contribution in [0.5, 0.6) is 5.75 Å². The van der Waals surface area contributed by atoms with E-state index in [1.54, 1.807) is 6.07 Å². The van der Waals surface area contributed by atoms with Crippen molar-refractivity contribution in [3.05, 3.63) is 29.3 Å². The molecular formula is C14H22O. The predicted molar refractivity (Wildman–Crippen MR) is 65.4 cm³/mol. The largest absolute Gasteiger partial charge is 0.508 e. The van der Waals surface area contributed by atoms with Gasteiger partial charge in [-0.25, -0.2) is 0 Å².